The first kappa shape index (κ1) is 21.8. The lowest BCUT2D eigenvalue weighted by atomic mass is 10.0. The molecule has 3 rings (SSSR count). The molecule has 1 aliphatic rings. The van der Waals surface area contributed by atoms with Crippen molar-refractivity contribution >= 4 is 34.9 Å². The third-order valence-corrected chi connectivity index (χ3v) is 5.11. The van der Waals surface area contributed by atoms with Gasteiger partial charge in [-0.25, -0.2) is 4.39 Å². The van der Waals surface area contributed by atoms with Crippen molar-refractivity contribution in [2.45, 2.75) is 18.9 Å². The van der Waals surface area contributed by atoms with Gasteiger partial charge < -0.3 is 14.4 Å². The lowest BCUT2D eigenvalue weighted by Crippen LogP contribution is -2.32. The van der Waals surface area contributed by atoms with E-state index in [0.717, 1.165) is 12.1 Å². The van der Waals surface area contributed by atoms with Crippen molar-refractivity contribution in [3.8, 4) is 5.75 Å². The normalized spacial score (nSPS) is 17.0. The Bertz CT molecular complexity index is 916. The van der Waals surface area contributed by atoms with Crippen molar-refractivity contribution in [2.24, 2.45) is 5.92 Å². The van der Waals surface area contributed by atoms with E-state index in [2.05, 4.69) is 0 Å². The Hall–Kier alpha value is -2.93. The van der Waals surface area contributed by atoms with E-state index in [9.17, 15) is 18.8 Å². The molecule has 2 atom stereocenters. The van der Waals surface area contributed by atoms with Crippen molar-refractivity contribution in [3.63, 3.8) is 0 Å². The summed E-state index contributed by atoms with van der Waals surface area (Å²) >= 11 is 5.77. The topological polar surface area (TPSA) is 72.9 Å². The third-order valence-electron chi connectivity index (χ3n) is 4.89. The molecular weight excluding hydrogens is 413 g/mol. The van der Waals surface area contributed by atoms with Crippen LogP contribution in [0.4, 0.5) is 10.1 Å². The predicted octanol–water partition coefficient (Wildman–Crippen LogP) is 3.61. The number of nitrogens with zero attached hydrogens (tertiary/aromatic N) is 1. The summed E-state index contributed by atoms with van der Waals surface area (Å²) in [5.74, 6) is -1.71. The standard InChI is InChI=1S/C22H21ClFNO5/c1-29-18-8-6-17(7-9-18)25-13-15(12-20(25)26)22(28)30-19(10-11-23)21(27)14-2-4-16(24)5-3-14/h2-9,15,19H,10-13H2,1H3/t15-,19-/m1/s1. The molecule has 0 N–H and O–H groups in total. The Morgan fingerprint density at radius 2 is 1.83 bits per heavy atom. The molecule has 1 heterocycles. The van der Waals surface area contributed by atoms with E-state index in [1.807, 2.05) is 0 Å². The van der Waals surface area contributed by atoms with Gasteiger partial charge in [-0.15, -0.1) is 11.6 Å². The van der Waals surface area contributed by atoms with Crippen LogP contribution in [0.2, 0.25) is 0 Å². The number of ketones is 1. The van der Waals surface area contributed by atoms with E-state index < -0.39 is 29.6 Å². The van der Waals surface area contributed by atoms with Gasteiger partial charge in [0.25, 0.3) is 0 Å². The number of carbonyl (C=O) groups is 3. The molecule has 0 aliphatic carbocycles. The molecule has 1 aliphatic heterocycles. The summed E-state index contributed by atoms with van der Waals surface area (Å²) < 4.78 is 23.6. The summed E-state index contributed by atoms with van der Waals surface area (Å²) in [6.07, 6.45) is -0.985. The Morgan fingerprint density at radius 3 is 2.43 bits per heavy atom. The zero-order chi connectivity index (χ0) is 21.7. The molecule has 0 radical (unpaired) electrons. The number of rotatable bonds is 8. The van der Waals surface area contributed by atoms with Gasteiger partial charge in [0.05, 0.1) is 13.0 Å². The number of hydrogen-bond donors (Lipinski definition) is 0. The predicted molar refractivity (Wildman–Crippen MR) is 109 cm³/mol. The average Bonchev–Trinajstić information content (AvgIpc) is 3.15. The molecule has 2 aromatic rings. The highest BCUT2D eigenvalue weighted by atomic mass is 35.5. The van der Waals surface area contributed by atoms with Crippen LogP contribution < -0.4 is 9.64 Å². The van der Waals surface area contributed by atoms with Crippen LogP contribution in [0.25, 0.3) is 0 Å². The molecule has 0 saturated carbocycles. The maximum Gasteiger partial charge on any atom is 0.312 e. The number of Topliss-reactive ketones (excluding diaryl/α,β-unsaturated/α-hetero) is 1. The highest BCUT2D eigenvalue weighted by molar-refractivity contribution is 6.18. The van der Waals surface area contributed by atoms with Crippen LogP contribution in [0, 0.1) is 11.7 Å². The second kappa shape index (κ2) is 9.71. The first-order valence-electron chi connectivity index (χ1n) is 9.43. The molecule has 0 unspecified atom stereocenters. The summed E-state index contributed by atoms with van der Waals surface area (Å²) in [7, 11) is 1.55. The molecule has 2 aromatic carbocycles. The van der Waals surface area contributed by atoms with Crippen LogP contribution in [0.15, 0.2) is 48.5 Å². The van der Waals surface area contributed by atoms with Crippen LogP contribution in [-0.4, -0.2) is 43.3 Å². The molecule has 158 valence electrons. The van der Waals surface area contributed by atoms with Gasteiger partial charge in [0.1, 0.15) is 11.6 Å². The van der Waals surface area contributed by atoms with Crippen molar-refractivity contribution in [1.29, 1.82) is 0 Å². The number of ether oxygens (including phenoxy) is 2. The first-order chi connectivity index (χ1) is 14.4. The fourth-order valence-corrected chi connectivity index (χ4v) is 3.45. The number of carbonyl (C=O) groups excluding carboxylic acids is 3. The van der Waals surface area contributed by atoms with Gasteiger partial charge >= 0.3 is 5.97 Å². The lowest BCUT2D eigenvalue weighted by Gasteiger charge is -2.19. The molecule has 8 heteroatoms. The van der Waals surface area contributed by atoms with Crippen LogP contribution in [0.3, 0.4) is 0 Å². The number of alkyl halides is 1. The number of hydrogen-bond acceptors (Lipinski definition) is 5. The van der Waals surface area contributed by atoms with Gasteiger partial charge in [-0.05, 0) is 48.5 Å². The summed E-state index contributed by atoms with van der Waals surface area (Å²) in [5, 5.41) is 0. The van der Waals surface area contributed by atoms with Gasteiger partial charge in [-0.1, -0.05) is 0 Å². The van der Waals surface area contributed by atoms with Crippen LogP contribution in [0.1, 0.15) is 23.2 Å². The molecule has 30 heavy (non-hydrogen) atoms. The van der Waals surface area contributed by atoms with Crippen molar-refractivity contribution in [2.75, 3.05) is 24.4 Å². The van der Waals surface area contributed by atoms with Gasteiger partial charge in [0.2, 0.25) is 11.7 Å². The van der Waals surface area contributed by atoms with E-state index in [-0.39, 0.29) is 36.7 Å². The fourth-order valence-electron chi connectivity index (χ4n) is 3.26. The highest BCUT2D eigenvalue weighted by Gasteiger charge is 2.38. The molecule has 1 saturated heterocycles. The van der Waals surface area contributed by atoms with E-state index in [1.165, 1.54) is 17.0 Å². The second-order valence-electron chi connectivity index (χ2n) is 6.88. The fraction of sp³-hybridized carbons (Fsp3) is 0.318. The number of halogens is 2. The van der Waals surface area contributed by atoms with E-state index in [4.69, 9.17) is 21.1 Å². The van der Waals surface area contributed by atoms with Gasteiger partial charge in [0.15, 0.2) is 6.10 Å². The Balaban J connectivity index is 1.67. The third kappa shape index (κ3) is 4.97. The molecule has 1 fully saturated rings. The Labute approximate surface area is 178 Å². The maximum absolute atomic E-state index is 13.1. The van der Waals surface area contributed by atoms with Crippen LogP contribution in [-0.2, 0) is 14.3 Å². The highest BCUT2D eigenvalue weighted by Crippen LogP contribution is 2.28. The second-order valence-corrected chi connectivity index (χ2v) is 7.26. The molecule has 0 bridgehead atoms. The number of esters is 1. The zero-order valence-corrected chi connectivity index (χ0v) is 17.1. The SMILES string of the molecule is COc1ccc(N2C[C@H](C(=O)O[C@H](CCCl)C(=O)c3ccc(F)cc3)CC2=O)cc1. The molecule has 0 aromatic heterocycles. The van der Waals surface area contributed by atoms with Crippen molar-refractivity contribution in [1.82, 2.24) is 0 Å². The Morgan fingerprint density at radius 1 is 1.17 bits per heavy atom. The summed E-state index contributed by atoms with van der Waals surface area (Å²) in [6, 6.07) is 11.9. The van der Waals surface area contributed by atoms with Crippen molar-refractivity contribution in [3.05, 3.63) is 59.9 Å². The average molecular weight is 434 g/mol. The van der Waals surface area contributed by atoms with Crippen LogP contribution in [0.5, 0.6) is 5.75 Å². The van der Waals surface area contributed by atoms with Gasteiger partial charge in [-0.2, -0.15) is 0 Å². The molecular formula is C22H21ClFNO5. The van der Waals surface area contributed by atoms with E-state index >= 15 is 0 Å². The molecule has 1 amide bonds. The van der Waals surface area contributed by atoms with Gasteiger partial charge in [-0.3, -0.25) is 14.4 Å². The minimum Gasteiger partial charge on any atom is -0.497 e. The lowest BCUT2D eigenvalue weighted by molar-refractivity contribution is -0.151. The first-order valence-corrected chi connectivity index (χ1v) is 9.97. The number of benzene rings is 2. The van der Waals surface area contributed by atoms with Crippen molar-refractivity contribution < 1.29 is 28.2 Å². The monoisotopic (exact) mass is 433 g/mol. The summed E-state index contributed by atoms with van der Waals surface area (Å²) in [5.41, 5.74) is 0.873. The minimum atomic E-state index is -1.09. The maximum atomic E-state index is 13.1. The van der Waals surface area contributed by atoms with Gasteiger partial charge in [0, 0.05) is 36.5 Å². The van der Waals surface area contributed by atoms with E-state index in [0.29, 0.717) is 11.4 Å². The largest absolute Gasteiger partial charge is 0.497 e. The Kier molecular flexibility index (Phi) is 7.05. The summed E-state index contributed by atoms with van der Waals surface area (Å²) in [4.78, 5) is 39.2. The quantitative estimate of drug-likeness (QED) is 0.361. The number of anilines is 1. The molecule has 0 spiro atoms. The van der Waals surface area contributed by atoms with E-state index in [1.54, 1.807) is 31.4 Å². The van der Waals surface area contributed by atoms with Crippen LogP contribution >= 0.6 is 11.6 Å². The zero-order valence-electron chi connectivity index (χ0n) is 16.3. The molecule has 6 nitrogen and oxygen atoms in total. The smallest absolute Gasteiger partial charge is 0.312 e. The summed E-state index contributed by atoms with van der Waals surface area (Å²) in [6.45, 7) is 0.155. The minimum absolute atomic E-state index is 0.0107. The number of methoxy groups -OCH3 is 1. The number of amides is 1.